The fourth-order valence-corrected chi connectivity index (χ4v) is 5.09. The van der Waals surface area contributed by atoms with E-state index in [1.807, 2.05) is 24.0 Å². The Balaban J connectivity index is 1.35. The zero-order chi connectivity index (χ0) is 23.8. The van der Waals surface area contributed by atoms with Gasteiger partial charge in [0.05, 0.1) is 28.4 Å². The fourth-order valence-electron chi connectivity index (χ4n) is 4.19. The second-order valence-electron chi connectivity index (χ2n) is 9.20. The van der Waals surface area contributed by atoms with Crippen molar-refractivity contribution < 1.29 is 9.53 Å². The molecule has 1 amide bonds. The summed E-state index contributed by atoms with van der Waals surface area (Å²) in [6.45, 7) is 7.53. The molecule has 1 fully saturated rings. The van der Waals surface area contributed by atoms with Gasteiger partial charge in [-0.15, -0.1) is 11.3 Å². The number of ether oxygens (including phenoxy) is 1. The van der Waals surface area contributed by atoms with Gasteiger partial charge in [0.2, 0.25) is 5.88 Å². The lowest BCUT2D eigenvalue weighted by Gasteiger charge is -2.22. The standard InChI is InChI=1S/C26H29N5O2S/c1-15-11-20-21(12-16(15)2)30-22(29-20)9-10-31(14-18-5-6-18)26(32)24-25(34-17(3)28-24)19-7-8-23(33-4)27-13-19/h7-8,11,13,18H,5-6,9-10,12,14H2,1-4H3. The van der Waals surface area contributed by atoms with E-state index in [2.05, 4.69) is 29.9 Å². The molecule has 2 aliphatic carbocycles. The Morgan fingerprint density at radius 3 is 2.74 bits per heavy atom. The molecule has 1 saturated carbocycles. The number of methoxy groups -OCH3 is 1. The van der Waals surface area contributed by atoms with Gasteiger partial charge in [0.25, 0.3) is 5.91 Å². The minimum absolute atomic E-state index is 0.0293. The Morgan fingerprint density at radius 1 is 1.21 bits per heavy atom. The molecule has 0 unspecified atom stereocenters. The lowest BCUT2D eigenvalue weighted by molar-refractivity contribution is 0.0748. The van der Waals surface area contributed by atoms with Crippen LogP contribution in [-0.4, -0.2) is 52.5 Å². The number of rotatable bonds is 8. The highest BCUT2D eigenvalue weighted by atomic mass is 32.1. The highest BCUT2D eigenvalue weighted by Crippen LogP contribution is 2.34. The number of aliphatic imine (C=N–C) groups is 2. The number of carbonyl (C=O) groups is 1. The number of aryl methyl sites for hydroxylation is 1. The van der Waals surface area contributed by atoms with Crippen LogP contribution in [0.4, 0.5) is 0 Å². The zero-order valence-corrected chi connectivity index (χ0v) is 20.9. The van der Waals surface area contributed by atoms with Gasteiger partial charge in [-0.2, -0.15) is 0 Å². The molecule has 0 radical (unpaired) electrons. The number of carbonyl (C=O) groups excluding carboxylic acids is 1. The van der Waals surface area contributed by atoms with Crippen molar-refractivity contribution >= 4 is 28.8 Å². The second kappa shape index (κ2) is 9.25. The predicted molar refractivity (Wildman–Crippen MR) is 136 cm³/mol. The Labute approximate surface area is 204 Å². The summed E-state index contributed by atoms with van der Waals surface area (Å²) >= 11 is 1.52. The molecule has 1 aliphatic heterocycles. The van der Waals surface area contributed by atoms with E-state index in [0.717, 1.165) is 45.7 Å². The monoisotopic (exact) mass is 475 g/mol. The number of pyridine rings is 1. The van der Waals surface area contributed by atoms with Crippen molar-refractivity contribution in [2.45, 2.75) is 46.5 Å². The minimum atomic E-state index is -0.0293. The third-order valence-corrected chi connectivity index (χ3v) is 7.50. The summed E-state index contributed by atoms with van der Waals surface area (Å²) in [5, 5.41) is 0.862. The first-order chi connectivity index (χ1) is 16.4. The van der Waals surface area contributed by atoms with E-state index in [1.165, 1.54) is 35.3 Å². The largest absolute Gasteiger partial charge is 0.481 e. The number of aromatic nitrogens is 2. The van der Waals surface area contributed by atoms with E-state index in [9.17, 15) is 4.79 Å². The molecule has 7 nitrogen and oxygen atoms in total. The molecule has 5 rings (SSSR count). The van der Waals surface area contributed by atoms with Crippen molar-refractivity contribution in [3.05, 3.63) is 52.0 Å². The molecule has 0 spiro atoms. The van der Waals surface area contributed by atoms with Crippen molar-refractivity contribution in [3.8, 4) is 16.3 Å². The molecule has 2 aromatic rings. The molecule has 0 saturated heterocycles. The minimum Gasteiger partial charge on any atom is -0.481 e. The average Bonchev–Trinajstić information content (AvgIpc) is 3.44. The van der Waals surface area contributed by atoms with Crippen molar-refractivity contribution in [1.82, 2.24) is 14.9 Å². The number of hydrogen-bond acceptors (Lipinski definition) is 7. The topological polar surface area (TPSA) is 80.0 Å². The summed E-state index contributed by atoms with van der Waals surface area (Å²) in [4.78, 5) is 35.0. The maximum Gasteiger partial charge on any atom is 0.274 e. The first-order valence-electron chi connectivity index (χ1n) is 11.7. The normalized spacial score (nSPS) is 17.2. The lowest BCUT2D eigenvalue weighted by atomic mass is 9.97. The average molecular weight is 476 g/mol. The molecule has 34 heavy (non-hydrogen) atoms. The van der Waals surface area contributed by atoms with Crippen molar-refractivity contribution in [3.63, 3.8) is 0 Å². The molecule has 3 heterocycles. The second-order valence-corrected chi connectivity index (χ2v) is 10.4. The number of fused-ring (bicyclic) bond motifs is 1. The van der Waals surface area contributed by atoms with E-state index in [4.69, 9.17) is 14.7 Å². The van der Waals surface area contributed by atoms with Crippen LogP contribution in [0, 0.1) is 12.8 Å². The summed E-state index contributed by atoms with van der Waals surface area (Å²) in [6.07, 6.45) is 7.70. The number of amides is 1. The van der Waals surface area contributed by atoms with Gasteiger partial charge in [-0.05, 0) is 57.2 Å². The summed E-state index contributed by atoms with van der Waals surface area (Å²) in [6, 6.07) is 3.74. The van der Waals surface area contributed by atoms with Gasteiger partial charge >= 0.3 is 0 Å². The van der Waals surface area contributed by atoms with E-state index in [0.29, 0.717) is 30.5 Å². The van der Waals surface area contributed by atoms with E-state index < -0.39 is 0 Å². The van der Waals surface area contributed by atoms with Crippen LogP contribution in [0.25, 0.3) is 10.4 Å². The number of hydrogen-bond donors (Lipinski definition) is 0. The summed E-state index contributed by atoms with van der Waals surface area (Å²) in [5.74, 6) is 1.90. The van der Waals surface area contributed by atoms with Crippen LogP contribution in [0.2, 0.25) is 0 Å². The molecular formula is C26H29N5O2S. The zero-order valence-electron chi connectivity index (χ0n) is 20.1. The number of allylic oxidation sites excluding steroid dienone is 4. The van der Waals surface area contributed by atoms with Gasteiger partial charge < -0.3 is 9.64 Å². The van der Waals surface area contributed by atoms with Crippen LogP contribution in [0.1, 0.15) is 55.0 Å². The van der Waals surface area contributed by atoms with Crippen LogP contribution in [0.15, 0.2) is 51.2 Å². The van der Waals surface area contributed by atoms with Crippen molar-refractivity contribution in [2.24, 2.45) is 15.9 Å². The Bertz CT molecular complexity index is 1250. The molecular weight excluding hydrogens is 446 g/mol. The highest BCUT2D eigenvalue weighted by Gasteiger charge is 2.31. The molecule has 176 valence electrons. The smallest absolute Gasteiger partial charge is 0.274 e. The van der Waals surface area contributed by atoms with Gasteiger partial charge in [0.1, 0.15) is 11.5 Å². The van der Waals surface area contributed by atoms with Crippen LogP contribution < -0.4 is 4.74 Å². The number of nitrogens with zero attached hydrogens (tertiary/aromatic N) is 5. The Hall–Kier alpha value is -3.13. The molecule has 8 heteroatoms. The van der Waals surface area contributed by atoms with E-state index in [-0.39, 0.29) is 5.91 Å². The van der Waals surface area contributed by atoms with Gasteiger partial charge in [-0.25, -0.2) is 20.0 Å². The van der Waals surface area contributed by atoms with Crippen molar-refractivity contribution in [1.29, 1.82) is 0 Å². The maximum atomic E-state index is 13.7. The quantitative estimate of drug-likeness (QED) is 0.523. The van der Waals surface area contributed by atoms with Gasteiger partial charge in [0, 0.05) is 43.8 Å². The summed E-state index contributed by atoms with van der Waals surface area (Å²) < 4.78 is 5.18. The number of thiazole rings is 1. The first kappa shape index (κ1) is 22.7. The van der Waals surface area contributed by atoms with Crippen LogP contribution in [0.5, 0.6) is 5.88 Å². The molecule has 2 aromatic heterocycles. The highest BCUT2D eigenvalue weighted by molar-refractivity contribution is 7.15. The van der Waals surface area contributed by atoms with Crippen molar-refractivity contribution in [2.75, 3.05) is 20.2 Å². The fraction of sp³-hybridized carbons (Fsp3) is 0.423. The number of amidine groups is 1. The molecule has 0 bridgehead atoms. The lowest BCUT2D eigenvalue weighted by Crippen LogP contribution is -2.35. The van der Waals surface area contributed by atoms with Gasteiger partial charge in [-0.3, -0.25) is 4.79 Å². The van der Waals surface area contributed by atoms with Gasteiger partial charge in [0.15, 0.2) is 0 Å². The Morgan fingerprint density at radius 2 is 2.03 bits per heavy atom. The first-order valence-corrected chi connectivity index (χ1v) is 12.5. The molecule has 0 atom stereocenters. The molecule has 0 N–H and O–H groups in total. The van der Waals surface area contributed by atoms with Gasteiger partial charge in [-0.1, -0.05) is 5.57 Å². The van der Waals surface area contributed by atoms with Crippen LogP contribution >= 0.6 is 11.3 Å². The molecule has 0 aromatic carbocycles. The SMILES string of the molecule is COc1ccc(-c2sc(C)nc2C(=O)N(CCC2=NC3=CC(C)=C(C)CC3=N2)CC2CC2)cn1. The Kier molecular flexibility index (Phi) is 6.16. The van der Waals surface area contributed by atoms with E-state index >= 15 is 0 Å². The third kappa shape index (κ3) is 4.73. The third-order valence-electron chi connectivity index (χ3n) is 6.48. The van der Waals surface area contributed by atoms with E-state index in [1.54, 1.807) is 13.3 Å². The van der Waals surface area contributed by atoms with Crippen LogP contribution in [0.3, 0.4) is 0 Å². The van der Waals surface area contributed by atoms with Crippen LogP contribution in [-0.2, 0) is 0 Å². The predicted octanol–water partition coefficient (Wildman–Crippen LogP) is 5.24. The maximum absolute atomic E-state index is 13.7. The summed E-state index contributed by atoms with van der Waals surface area (Å²) in [5.41, 5.74) is 6.00. The summed E-state index contributed by atoms with van der Waals surface area (Å²) in [7, 11) is 1.59. The molecule has 3 aliphatic rings.